The summed E-state index contributed by atoms with van der Waals surface area (Å²) in [6, 6.07) is 6.02. The van der Waals surface area contributed by atoms with Crippen LogP contribution in [0.1, 0.15) is 48.8 Å². The fourth-order valence-corrected chi connectivity index (χ4v) is 5.25. The minimum atomic E-state index is -0.113. The van der Waals surface area contributed by atoms with Crippen LogP contribution in [0.3, 0.4) is 0 Å². The third kappa shape index (κ3) is 4.95. The summed E-state index contributed by atoms with van der Waals surface area (Å²) >= 11 is 2.82. The highest BCUT2D eigenvalue weighted by molar-refractivity contribution is 7.99. The highest BCUT2D eigenvalue weighted by Crippen LogP contribution is 2.30. The molecular weight excluding hydrogens is 414 g/mol. The molecule has 0 aliphatic carbocycles. The lowest BCUT2D eigenvalue weighted by atomic mass is 9.98. The topological polar surface area (TPSA) is 74.8 Å². The van der Waals surface area contributed by atoms with Crippen LogP contribution in [-0.2, 0) is 17.6 Å². The molecule has 2 N–H and O–H groups in total. The predicted octanol–water partition coefficient (Wildman–Crippen LogP) is 5.48. The number of aromatic nitrogens is 2. The Labute approximate surface area is 185 Å². The van der Waals surface area contributed by atoms with Crippen molar-refractivity contribution in [3.05, 3.63) is 50.1 Å². The number of rotatable bonds is 8. The van der Waals surface area contributed by atoms with Crippen molar-refractivity contribution in [2.45, 2.75) is 59.0 Å². The van der Waals surface area contributed by atoms with E-state index in [0.29, 0.717) is 16.5 Å². The molecule has 0 radical (unpaired) electrons. The number of carbonyl (C=O) groups excluding carboxylic acids is 1. The summed E-state index contributed by atoms with van der Waals surface area (Å²) in [6.07, 6.45) is 2.82. The number of fused-ring (bicyclic) bond motifs is 1. The first-order valence-corrected chi connectivity index (χ1v) is 12.2. The molecule has 3 aromatic rings. The average molecular weight is 444 g/mol. The normalized spacial score (nSPS) is 12.3. The van der Waals surface area contributed by atoms with Crippen molar-refractivity contribution in [2.75, 3.05) is 11.1 Å². The van der Waals surface area contributed by atoms with Crippen molar-refractivity contribution < 1.29 is 4.79 Å². The van der Waals surface area contributed by atoms with Gasteiger partial charge in [0.15, 0.2) is 5.16 Å². The zero-order chi connectivity index (χ0) is 21.8. The highest BCUT2D eigenvalue weighted by atomic mass is 32.2. The van der Waals surface area contributed by atoms with Crippen LogP contribution in [0.5, 0.6) is 0 Å². The predicted molar refractivity (Wildman–Crippen MR) is 128 cm³/mol. The van der Waals surface area contributed by atoms with Crippen LogP contribution in [0.25, 0.3) is 10.2 Å². The van der Waals surface area contributed by atoms with Gasteiger partial charge < -0.3 is 10.3 Å². The van der Waals surface area contributed by atoms with Crippen LogP contribution < -0.4 is 10.9 Å². The number of carbonyl (C=O) groups is 1. The number of thiophene rings is 1. The van der Waals surface area contributed by atoms with Gasteiger partial charge in [0.2, 0.25) is 5.91 Å². The minimum absolute atomic E-state index is 0.105. The summed E-state index contributed by atoms with van der Waals surface area (Å²) in [5.41, 5.74) is 4.04. The second-order valence-corrected chi connectivity index (χ2v) is 9.87. The molecule has 160 valence electrons. The molecule has 3 rings (SSSR count). The molecule has 5 nitrogen and oxygen atoms in total. The second kappa shape index (κ2) is 9.79. The molecule has 1 unspecified atom stereocenters. The zero-order valence-corrected chi connectivity index (χ0v) is 19.9. The minimum Gasteiger partial charge on any atom is -0.325 e. The Balaban J connectivity index is 1.76. The van der Waals surface area contributed by atoms with E-state index in [0.717, 1.165) is 51.3 Å². The lowest BCUT2D eigenvalue weighted by Crippen LogP contribution is -2.17. The van der Waals surface area contributed by atoms with E-state index in [2.05, 4.69) is 43.0 Å². The van der Waals surface area contributed by atoms with E-state index < -0.39 is 0 Å². The van der Waals surface area contributed by atoms with E-state index in [9.17, 15) is 9.59 Å². The summed E-state index contributed by atoms with van der Waals surface area (Å²) in [7, 11) is 0. The van der Waals surface area contributed by atoms with E-state index in [1.807, 2.05) is 25.1 Å². The standard InChI is InChI=1S/C23H29N3O2S2/c1-6-13(3)11-17-15(5)30-22-19(17)21(28)25-23(26-22)29-12-18(27)24-20-14(4)9-8-10-16(20)7-2/h8-10,13H,6-7,11-12H2,1-5H3,(H,24,27)(H,25,26,28). The Bertz CT molecular complexity index is 1120. The van der Waals surface area contributed by atoms with Gasteiger partial charge in [0, 0.05) is 10.6 Å². The molecule has 0 aliphatic heterocycles. The monoisotopic (exact) mass is 443 g/mol. The molecule has 7 heteroatoms. The largest absolute Gasteiger partial charge is 0.325 e. The molecule has 0 bridgehead atoms. The fourth-order valence-electron chi connectivity index (χ4n) is 3.47. The Morgan fingerprint density at radius 1 is 1.30 bits per heavy atom. The Morgan fingerprint density at radius 3 is 2.77 bits per heavy atom. The Morgan fingerprint density at radius 2 is 2.07 bits per heavy atom. The van der Waals surface area contributed by atoms with Crippen LogP contribution in [0.4, 0.5) is 5.69 Å². The maximum atomic E-state index is 12.8. The van der Waals surface area contributed by atoms with E-state index in [1.54, 1.807) is 11.3 Å². The average Bonchev–Trinajstić information content (AvgIpc) is 3.03. The number of benzene rings is 1. The molecule has 0 saturated carbocycles. The van der Waals surface area contributed by atoms with Gasteiger partial charge in [0.1, 0.15) is 4.83 Å². The molecule has 0 fully saturated rings. The smallest absolute Gasteiger partial charge is 0.260 e. The Hall–Kier alpha value is -2.12. The summed E-state index contributed by atoms with van der Waals surface area (Å²) < 4.78 is 0. The van der Waals surface area contributed by atoms with Gasteiger partial charge >= 0.3 is 0 Å². The number of amides is 1. The third-order valence-corrected chi connectivity index (χ3v) is 7.35. The molecule has 0 saturated heterocycles. The molecule has 1 atom stereocenters. The summed E-state index contributed by atoms with van der Waals surface area (Å²) in [5.74, 6) is 0.607. The highest BCUT2D eigenvalue weighted by Gasteiger charge is 2.17. The van der Waals surface area contributed by atoms with E-state index in [-0.39, 0.29) is 17.2 Å². The number of nitrogens with one attached hydrogen (secondary N) is 2. The zero-order valence-electron chi connectivity index (χ0n) is 18.2. The molecule has 0 spiro atoms. The molecule has 1 aromatic carbocycles. The van der Waals surface area contributed by atoms with Gasteiger partial charge in [-0.05, 0) is 49.3 Å². The van der Waals surface area contributed by atoms with E-state index in [1.165, 1.54) is 11.8 Å². The van der Waals surface area contributed by atoms with Gasteiger partial charge in [-0.2, -0.15) is 0 Å². The molecule has 0 aliphatic rings. The number of H-pyrrole nitrogens is 1. The number of anilines is 1. The molecule has 1 amide bonds. The SMILES string of the molecule is CCc1cccc(C)c1NC(=O)CSc1nc2sc(C)c(CC(C)CC)c2c(=O)[nH]1. The molecule has 30 heavy (non-hydrogen) atoms. The van der Waals surface area contributed by atoms with Crippen LogP contribution in [0, 0.1) is 19.8 Å². The lowest BCUT2D eigenvalue weighted by molar-refractivity contribution is -0.113. The summed E-state index contributed by atoms with van der Waals surface area (Å²) in [6.45, 7) is 10.5. The van der Waals surface area contributed by atoms with Crippen LogP contribution in [-0.4, -0.2) is 21.6 Å². The number of para-hydroxylation sites is 1. The first-order chi connectivity index (χ1) is 14.3. The van der Waals surface area contributed by atoms with Gasteiger partial charge in [-0.25, -0.2) is 4.98 Å². The third-order valence-electron chi connectivity index (χ3n) is 5.43. The van der Waals surface area contributed by atoms with Crippen molar-refractivity contribution in [2.24, 2.45) is 5.92 Å². The number of aromatic amines is 1. The maximum Gasteiger partial charge on any atom is 0.260 e. The van der Waals surface area contributed by atoms with Gasteiger partial charge in [-0.1, -0.05) is 57.2 Å². The molecule has 2 aromatic heterocycles. The van der Waals surface area contributed by atoms with Crippen molar-refractivity contribution in [1.82, 2.24) is 9.97 Å². The van der Waals surface area contributed by atoms with Gasteiger partial charge in [-0.3, -0.25) is 9.59 Å². The Kier molecular flexibility index (Phi) is 7.36. The van der Waals surface area contributed by atoms with Crippen molar-refractivity contribution >= 4 is 44.9 Å². The number of nitrogens with zero attached hydrogens (tertiary/aromatic N) is 1. The van der Waals surface area contributed by atoms with Gasteiger partial charge in [-0.15, -0.1) is 11.3 Å². The fraction of sp³-hybridized carbons (Fsp3) is 0.435. The number of hydrogen-bond donors (Lipinski definition) is 2. The van der Waals surface area contributed by atoms with Crippen molar-refractivity contribution in [1.29, 1.82) is 0 Å². The first kappa shape index (κ1) is 22.6. The van der Waals surface area contributed by atoms with Crippen LogP contribution in [0.2, 0.25) is 0 Å². The van der Waals surface area contributed by atoms with Crippen molar-refractivity contribution in [3.63, 3.8) is 0 Å². The quantitative estimate of drug-likeness (QED) is 0.357. The van der Waals surface area contributed by atoms with Crippen LogP contribution >= 0.6 is 23.1 Å². The van der Waals surface area contributed by atoms with E-state index in [4.69, 9.17) is 0 Å². The number of thioether (sulfide) groups is 1. The summed E-state index contributed by atoms with van der Waals surface area (Å²) in [5, 5.41) is 4.21. The van der Waals surface area contributed by atoms with E-state index >= 15 is 0 Å². The molecular formula is C23H29N3O2S2. The number of hydrogen-bond acceptors (Lipinski definition) is 5. The summed E-state index contributed by atoms with van der Waals surface area (Å²) in [4.78, 5) is 34.7. The molecule has 2 heterocycles. The van der Waals surface area contributed by atoms with Gasteiger partial charge in [0.25, 0.3) is 5.56 Å². The second-order valence-electron chi connectivity index (χ2n) is 7.71. The first-order valence-electron chi connectivity index (χ1n) is 10.4. The van der Waals surface area contributed by atoms with Gasteiger partial charge in [0.05, 0.1) is 11.1 Å². The lowest BCUT2D eigenvalue weighted by Gasteiger charge is -2.12. The van der Waals surface area contributed by atoms with Crippen molar-refractivity contribution in [3.8, 4) is 0 Å². The number of aryl methyl sites for hydroxylation is 3. The maximum absolute atomic E-state index is 12.8. The van der Waals surface area contributed by atoms with Crippen LogP contribution in [0.15, 0.2) is 28.2 Å².